The lowest BCUT2D eigenvalue weighted by atomic mass is 9.59. The maximum atomic E-state index is 13.3. The normalized spacial score (nSPS) is 30.6. The minimum absolute atomic E-state index is 0.00464. The van der Waals surface area contributed by atoms with E-state index in [0.29, 0.717) is 19.1 Å². The Labute approximate surface area is 185 Å². The van der Waals surface area contributed by atoms with Gasteiger partial charge in [-0.25, -0.2) is 4.79 Å². The molecule has 1 saturated heterocycles. The second kappa shape index (κ2) is 6.44. The van der Waals surface area contributed by atoms with Crippen molar-refractivity contribution in [3.8, 4) is 0 Å². The van der Waals surface area contributed by atoms with Crippen molar-refractivity contribution < 1.29 is 9.53 Å². The van der Waals surface area contributed by atoms with Crippen LogP contribution in [0.3, 0.4) is 0 Å². The third-order valence-corrected chi connectivity index (χ3v) is 8.32. The number of halogens is 1. The summed E-state index contributed by atoms with van der Waals surface area (Å²) in [6, 6.07) is 15.5. The number of aryl methyl sites for hydroxylation is 1. The molecule has 4 nitrogen and oxygen atoms in total. The molecule has 2 spiro atoms. The molecule has 2 aromatic rings. The predicted octanol–water partition coefficient (Wildman–Crippen LogP) is 4.88. The molecule has 3 atom stereocenters. The number of hydrogen-bond donors (Lipinski definition) is 1. The monoisotopic (exact) mass is 464 g/mol. The van der Waals surface area contributed by atoms with E-state index in [4.69, 9.17) is 4.74 Å². The lowest BCUT2D eigenvalue weighted by molar-refractivity contribution is 0.105. The minimum atomic E-state index is -0.449. The first-order valence-electron chi connectivity index (χ1n) is 10.8. The van der Waals surface area contributed by atoms with E-state index in [-0.39, 0.29) is 11.4 Å². The van der Waals surface area contributed by atoms with Gasteiger partial charge in [0.05, 0.1) is 18.8 Å². The van der Waals surface area contributed by atoms with Gasteiger partial charge in [-0.1, -0.05) is 52.3 Å². The molecule has 6 rings (SSSR count). The number of carbonyl (C=O) groups excluding carboxylic acids is 1. The van der Waals surface area contributed by atoms with E-state index in [0.717, 1.165) is 35.9 Å². The van der Waals surface area contributed by atoms with Crippen LogP contribution in [0.2, 0.25) is 0 Å². The fraction of sp³-hybridized carbons (Fsp3) is 0.400. The number of ether oxygens (including phenoxy) is 1. The van der Waals surface area contributed by atoms with Crippen LogP contribution >= 0.6 is 15.9 Å². The van der Waals surface area contributed by atoms with Gasteiger partial charge in [0.25, 0.3) is 0 Å². The number of nitrogens with one attached hydrogen (secondary N) is 1. The third kappa shape index (κ3) is 2.28. The molecule has 30 heavy (non-hydrogen) atoms. The van der Waals surface area contributed by atoms with E-state index in [1.54, 1.807) is 7.11 Å². The van der Waals surface area contributed by atoms with Crippen LogP contribution in [0.4, 0.5) is 4.79 Å². The number of allylic oxidation sites excluding steroid dienone is 1. The van der Waals surface area contributed by atoms with E-state index in [2.05, 4.69) is 69.8 Å². The van der Waals surface area contributed by atoms with Crippen LogP contribution in [0, 0.1) is 5.41 Å². The van der Waals surface area contributed by atoms with Gasteiger partial charge in [-0.15, -0.1) is 0 Å². The number of hydrogen-bond acceptors (Lipinski definition) is 2. The average molecular weight is 465 g/mol. The highest BCUT2D eigenvalue weighted by Crippen LogP contribution is 2.66. The fourth-order valence-corrected chi connectivity index (χ4v) is 7.00. The summed E-state index contributed by atoms with van der Waals surface area (Å²) >= 11 is 3.69. The molecule has 1 heterocycles. The zero-order chi connectivity index (χ0) is 20.5. The molecule has 4 aliphatic rings. The van der Waals surface area contributed by atoms with Crippen molar-refractivity contribution in [2.24, 2.45) is 5.41 Å². The van der Waals surface area contributed by atoms with Crippen LogP contribution < -0.4 is 5.32 Å². The zero-order valence-electron chi connectivity index (χ0n) is 17.1. The van der Waals surface area contributed by atoms with E-state index in [9.17, 15) is 4.79 Å². The van der Waals surface area contributed by atoms with Gasteiger partial charge in [0, 0.05) is 22.9 Å². The Morgan fingerprint density at radius 1 is 1.23 bits per heavy atom. The Hall–Kier alpha value is -2.11. The van der Waals surface area contributed by atoms with E-state index < -0.39 is 5.54 Å². The summed E-state index contributed by atoms with van der Waals surface area (Å²) in [5.74, 6) is 0.335. The Morgan fingerprint density at radius 3 is 2.97 bits per heavy atom. The van der Waals surface area contributed by atoms with Crippen molar-refractivity contribution in [2.45, 2.75) is 37.1 Å². The summed E-state index contributed by atoms with van der Waals surface area (Å²) in [4.78, 5) is 15.2. The van der Waals surface area contributed by atoms with Crippen LogP contribution in [0.5, 0.6) is 0 Å². The van der Waals surface area contributed by atoms with Crippen LogP contribution in [0.25, 0.3) is 0 Å². The summed E-state index contributed by atoms with van der Waals surface area (Å²) < 4.78 is 6.41. The number of carbonyl (C=O) groups is 1. The summed E-state index contributed by atoms with van der Waals surface area (Å²) in [5, 5.41) is 3.52. The Balaban J connectivity index is 1.61. The molecule has 2 bridgehead atoms. The van der Waals surface area contributed by atoms with Crippen molar-refractivity contribution in [3.05, 3.63) is 81.0 Å². The molecule has 154 valence electrons. The molecule has 1 fully saturated rings. The molecule has 2 amide bonds. The number of urea groups is 1. The van der Waals surface area contributed by atoms with Crippen molar-refractivity contribution in [1.29, 1.82) is 0 Å². The first-order chi connectivity index (χ1) is 14.6. The fourth-order valence-electron chi connectivity index (χ4n) is 6.64. The highest BCUT2D eigenvalue weighted by Gasteiger charge is 2.67. The van der Waals surface area contributed by atoms with Gasteiger partial charge in [-0.05, 0) is 60.1 Å². The largest absolute Gasteiger partial charge is 0.383 e. The maximum Gasteiger partial charge on any atom is 0.322 e. The van der Waals surface area contributed by atoms with Gasteiger partial charge in [-0.3, -0.25) is 4.90 Å². The van der Waals surface area contributed by atoms with Crippen LogP contribution in [0.1, 0.15) is 41.0 Å². The van der Waals surface area contributed by atoms with Crippen molar-refractivity contribution >= 4 is 22.0 Å². The standard InChI is InChI=1S/C25H25BrN2O2/c1-30-11-10-28-22-12-18-15-24(9-8-16-4-2-3-5-20(16)18)14-17-6-7-19(26)13-21(17)25(22,24)27-23(28)29/h2-7,12-13,18H,8-11,14-15H2,1H3,(H,27,29). The van der Waals surface area contributed by atoms with Gasteiger partial charge in [-0.2, -0.15) is 0 Å². The molecule has 1 N–H and O–H groups in total. The van der Waals surface area contributed by atoms with Crippen LogP contribution in [-0.4, -0.2) is 31.2 Å². The SMILES string of the molecule is COCCN1C(=O)NC23C1=CC1CC2(CCc2ccccc21)Cc1ccc(Br)cc13. The summed E-state index contributed by atoms with van der Waals surface area (Å²) in [6.07, 6.45) is 6.58. The highest BCUT2D eigenvalue weighted by atomic mass is 79.9. The van der Waals surface area contributed by atoms with E-state index in [1.807, 2.05) is 4.90 Å². The molecule has 5 heteroatoms. The smallest absolute Gasteiger partial charge is 0.322 e. The lowest BCUT2D eigenvalue weighted by Crippen LogP contribution is -2.53. The summed E-state index contributed by atoms with van der Waals surface area (Å²) in [6.45, 7) is 1.10. The Morgan fingerprint density at radius 2 is 2.10 bits per heavy atom. The van der Waals surface area contributed by atoms with Gasteiger partial charge in [0.1, 0.15) is 5.54 Å². The van der Waals surface area contributed by atoms with Gasteiger partial charge in [0.2, 0.25) is 0 Å². The van der Waals surface area contributed by atoms with Crippen molar-refractivity contribution in [2.75, 3.05) is 20.3 Å². The second-order valence-corrected chi connectivity index (χ2v) is 10.1. The number of methoxy groups -OCH3 is 1. The van der Waals surface area contributed by atoms with Gasteiger partial charge < -0.3 is 10.1 Å². The van der Waals surface area contributed by atoms with E-state index in [1.165, 1.54) is 22.3 Å². The van der Waals surface area contributed by atoms with Crippen molar-refractivity contribution in [3.63, 3.8) is 0 Å². The molecule has 1 aliphatic heterocycles. The molecule has 0 aromatic heterocycles. The molecule has 2 aromatic carbocycles. The van der Waals surface area contributed by atoms with Gasteiger partial charge in [0.15, 0.2) is 0 Å². The first kappa shape index (κ1) is 18.6. The Kier molecular flexibility index (Phi) is 4.00. The average Bonchev–Trinajstić information content (AvgIpc) is 3.13. The lowest BCUT2D eigenvalue weighted by Gasteiger charge is -2.48. The third-order valence-electron chi connectivity index (χ3n) is 7.83. The van der Waals surface area contributed by atoms with Gasteiger partial charge >= 0.3 is 6.03 Å². The number of amides is 2. The number of fused-ring (bicyclic) bond motifs is 4. The number of rotatable bonds is 3. The molecule has 0 radical (unpaired) electrons. The molecule has 3 unspecified atom stereocenters. The quantitative estimate of drug-likeness (QED) is 0.703. The summed E-state index contributed by atoms with van der Waals surface area (Å²) in [5.41, 5.74) is 6.19. The molecule has 0 saturated carbocycles. The van der Waals surface area contributed by atoms with Crippen LogP contribution in [0.15, 0.2) is 58.7 Å². The molecular formula is C25H25BrN2O2. The Bertz CT molecular complexity index is 1100. The number of benzene rings is 2. The minimum Gasteiger partial charge on any atom is -0.383 e. The van der Waals surface area contributed by atoms with Crippen LogP contribution in [-0.2, 0) is 23.1 Å². The second-order valence-electron chi connectivity index (χ2n) is 9.14. The molecular weight excluding hydrogens is 440 g/mol. The van der Waals surface area contributed by atoms with E-state index >= 15 is 0 Å². The zero-order valence-corrected chi connectivity index (χ0v) is 18.7. The maximum absolute atomic E-state index is 13.3. The molecule has 3 aliphatic carbocycles. The highest BCUT2D eigenvalue weighted by molar-refractivity contribution is 9.10. The predicted molar refractivity (Wildman–Crippen MR) is 119 cm³/mol. The topological polar surface area (TPSA) is 41.6 Å². The van der Waals surface area contributed by atoms with Crippen molar-refractivity contribution in [1.82, 2.24) is 10.2 Å². The first-order valence-corrected chi connectivity index (χ1v) is 11.5. The number of nitrogens with zero attached hydrogens (tertiary/aromatic N) is 1. The summed E-state index contributed by atoms with van der Waals surface area (Å²) in [7, 11) is 1.69.